The Morgan fingerprint density at radius 3 is 2.50 bits per heavy atom. The summed E-state index contributed by atoms with van der Waals surface area (Å²) in [6, 6.07) is -0.769. The van der Waals surface area contributed by atoms with Gasteiger partial charge in [0, 0.05) is 4.75 Å². The van der Waals surface area contributed by atoms with Crippen LogP contribution in [0.3, 0.4) is 0 Å². The van der Waals surface area contributed by atoms with Crippen LogP contribution in [0, 0.1) is 0 Å². The molecule has 3 N–H and O–H groups in total. The van der Waals surface area contributed by atoms with Crippen LogP contribution in [0.25, 0.3) is 0 Å². The number of thioether (sulfide) groups is 1. The Bertz CT molecular complexity index is 187. The SMILES string of the molecule is CCCCCC(C)(SC)C(N)C(=O)O. The third-order valence-electron chi connectivity index (χ3n) is 2.67. The van der Waals surface area contributed by atoms with Gasteiger partial charge in [-0.2, -0.15) is 11.8 Å². The molecule has 0 aliphatic heterocycles. The van der Waals surface area contributed by atoms with Gasteiger partial charge in [-0.15, -0.1) is 0 Å². The molecule has 4 heteroatoms. The van der Waals surface area contributed by atoms with Gasteiger partial charge in [-0.05, 0) is 19.6 Å². The van der Waals surface area contributed by atoms with Crippen molar-refractivity contribution in [3.63, 3.8) is 0 Å². The van der Waals surface area contributed by atoms with Gasteiger partial charge in [0.15, 0.2) is 0 Å². The summed E-state index contributed by atoms with van der Waals surface area (Å²) in [5.41, 5.74) is 5.67. The van der Waals surface area contributed by atoms with Crippen molar-refractivity contribution >= 4 is 17.7 Å². The quantitative estimate of drug-likeness (QED) is 0.644. The van der Waals surface area contributed by atoms with Crippen molar-refractivity contribution in [3.05, 3.63) is 0 Å². The van der Waals surface area contributed by atoms with Crippen molar-refractivity contribution in [1.82, 2.24) is 0 Å². The lowest BCUT2D eigenvalue weighted by atomic mass is 9.95. The van der Waals surface area contributed by atoms with E-state index < -0.39 is 12.0 Å². The zero-order valence-corrected chi connectivity index (χ0v) is 10.1. The van der Waals surface area contributed by atoms with E-state index in [1.807, 2.05) is 13.2 Å². The van der Waals surface area contributed by atoms with Gasteiger partial charge in [0.1, 0.15) is 6.04 Å². The predicted octanol–water partition coefficient (Wildman–Crippen LogP) is 2.10. The van der Waals surface area contributed by atoms with Gasteiger partial charge in [-0.25, -0.2) is 0 Å². The highest BCUT2D eigenvalue weighted by atomic mass is 32.2. The average molecular weight is 219 g/mol. The third-order valence-corrected chi connectivity index (χ3v) is 4.06. The first-order valence-electron chi connectivity index (χ1n) is 5.01. The lowest BCUT2D eigenvalue weighted by Crippen LogP contribution is -2.48. The second-order valence-corrected chi connectivity index (χ2v) is 5.13. The molecule has 0 saturated carbocycles. The summed E-state index contributed by atoms with van der Waals surface area (Å²) in [5.74, 6) is -0.904. The molecule has 0 aliphatic carbocycles. The van der Waals surface area contributed by atoms with Crippen LogP contribution in [-0.2, 0) is 4.79 Å². The Balaban J connectivity index is 4.23. The van der Waals surface area contributed by atoms with Gasteiger partial charge >= 0.3 is 5.97 Å². The predicted molar refractivity (Wildman–Crippen MR) is 61.7 cm³/mol. The molecule has 0 rings (SSSR count). The smallest absolute Gasteiger partial charge is 0.321 e. The molecule has 3 nitrogen and oxygen atoms in total. The zero-order chi connectivity index (χ0) is 11.2. The molecule has 0 saturated heterocycles. The Kier molecular flexibility index (Phi) is 6.20. The van der Waals surface area contributed by atoms with Crippen LogP contribution in [0.1, 0.15) is 39.5 Å². The van der Waals surface area contributed by atoms with E-state index in [1.54, 1.807) is 11.8 Å². The average Bonchev–Trinajstić information content (AvgIpc) is 2.16. The Hall–Kier alpha value is -0.220. The van der Waals surface area contributed by atoms with Gasteiger partial charge in [-0.3, -0.25) is 4.79 Å². The van der Waals surface area contributed by atoms with E-state index in [9.17, 15) is 4.79 Å². The molecule has 2 unspecified atom stereocenters. The van der Waals surface area contributed by atoms with Crippen molar-refractivity contribution in [3.8, 4) is 0 Å². The number of unbranched alkanes of at least 4 members (excludes halogenated alkanes) is 2. The largest absolute Gasteiger partial charge is 0.480 e. The molecule has 84 valence electrons. The summed E-state index contributed by atoms with van der Waals surface area (Å²) < 4.78 is -0.332. The third kappa shape index (κ3) is 3.88. The summed E-state index contributed by atoms with van der Waals surface area (Å²) in [6.07, 6.45) is 6.13. The van der Waals surface area contributed by atoms with Crippen LogP contribution in [0.2, 0.25) is 0 Å². The molecule has 0 aliphatic rings. The van der Waals surface area contributed by atoms with E-state index in [0.717, 1.165) is 25.7 Å². The number of carboxylic acids is 1. The Labute approximate surface area is 90.4 Å². The van der Waals surface area contributed by atoms with Gasteiger partial charge in [0.25, 0.3) is 0 Å². The molecule has 0 heterocycles. The molecular weight excluding hydrogens is 198 g/mol. The molecule has 0 fully saturated rings. The minimum atomic E-state index is -0.904. The van der Waals surface area contributed by atoms with Crippen LogP contribution in [0.15, 0.2) is 0 Å². The summed E-state index contributed by atoms with van der Waals surface area (Å²) in [5, 5.41) is 8.87. The fourth-order valence-corrected chi connectivity index (χ4v) is 2.07. The number of hydrogen-bond donors (Lipinski definition) is 2. The molecule has 14 heavy (non-hydrogen) atoms. The van der Waals surface area contributed by atoms with E-state index in [0.29, 0.717) is 0 Å². The van der Waals surface area contributed by atoms with Crippen LogP contribution < -0.4 is 5.73 Å². The maximum atomic E-state index is 10.8. The van der Waals surface area contributed by atoms with Gasteiger partial charge in [0.05, 0.1) is 0 Å². The van der Waals surface area contributed by atoms with E-state index in [-0.39, 0.29) is 4.75 Å². The first-order chi connectivity index (χ1) is 6.48. The van der Waals surface area contributed by atoms with Crippen molar-refractivity contribution in [2.45, 2.75) is 50.3 Å². The highest BCUT2D eigenvalue weighted by molar-refractivity contribution is 8.00. The Morgan fingerprint density at radius 1 is 1.57 bits per heavy atom. The van der Waals surface area contributed by atoms with E-state index in [2.05, 4.69) is 6.92 Å². The molecule has 0 amide bonds. The lowest BCUT2D eigenvalue weighted by Gasteiger charge is -2.31. The van der Waals surface area contributed by atoms with E-state index in [1.165, 1.54) is 0 Å². The van der Waals surface area contributed by atoms with Crippen LogP contribution in [0.4, 0.5) is 0 Å². The summed E-state index contributed by atoms with van der Waals surface area (Å²) in [4.78, 5) is 10.8. The number of hydrogen-bond acceptors (Lipinski definition) is 3. The van der Waals surface area contributed by atoms with Gasteiger partial charge in [0.2, 0.25) is 0 Å². The van der Waals surface area contributed by atoms with Crippen LogP contribution >= 0.6 is 11.8 Å². The number of rotatable bonds is 7. The monoisotopic (exact) mass is 219 g/mol. The molecular formula is C10H21NO2S. The summed E-state index contributed by atoms with van der Waals surface area (Å²) in [7, 11) is 0. The minimum absolute atomic E-state index is 0.332. The fraction of sp³-hybridized carbons (Fsp3) is 0.900. The second kappa shape index (κ2) is 6.30. The molecule has 0 bridgehead atoms. The fourth-order valence-electron chi connectivity index (χ4n) is 1.37. The van der Waals surface area contributed by atoms with Crippen molar-refractivity contribution < 1.29 is 9.90 Å². The summed E-state index contributed by atoms with van der Waals surface area (Å²) >= 11 is 1.55. The maximum absolute atomic E-state index is 10.8. The zero-order valence-electron chi connectivity index (χ0n) is 9.25. The normalized spacial score (nSPS) is 17.4. The van der Waals surface area contributed by atoms with Crippen LogP contribution in [0.5, 0.6) is 0 Å². The lowest BCUT2D eigenvalue weighted by molar-refractivity contribution is -0.139. The highest BCUT2D eigenvalue weighted by Crippen LogP contribution is 2.31. The summed E-state index contributed by atoms with van der Waals surface area (Å²) in [6.45, 7) is 4.07. The van der Waals surface area contributed by atoms with E-state index >= 15 is 0 Å². The molecule has 0 aromatic carbocycles. The second-order valence-electron chi connectivity index (χ2n) is 3.79. The molecule has 0 aromatic heterocycles. The molecule has 0 spiro atoms. The van der Waals surface area contributed by atoms with Gasteiger partial charge < -0.3 is 10.8 Å². The molecule has 0 radical (unpaired) electrons. The Morgan fingerprint density at radius 2 is 2.14 bits per heavy atom. The van der Waals surface area contributed by atoms with Crippen LogP contribution in [-0.4, -0.2) is 28.1 Å². The first kappa shape index (κ1) is 13.8. The maximum Gasteiger partial charge on any atom is 0.321 e. The number of carbonyl (C=O) groups is 1. The number of nitrogens with two attached hydrogens (primary N) is 1. The van der Waals surface area contributed by atoms with Crippen molar-refractivity contribution in [1.29, 1.82) is 0 Å². The number of aliphatic carboxylic acids is 1. The highest BCUT2D eigenvalue weighted by Gasteiger charge is 2.35. The standard InChI is InChI=1S/C10H21NO2S/c1-4-5-6-7-10(2,14-3)8(11)9(12)13/h8H,4-7,11H2,1-3H3,(H,12,13). The molecule has 2 atom stereocenters. The van der Waals surface area contributed by atoms with Crippen molar-refractivity contribution in [2.75, 3.05) is 6.26 Å². The molecule has 0 aromatic rings. The first-order valence-corrected chi connectivity index (χ1v) is 6.24. The van der Waals surface area contributed by atoms with Crippen molar-refractivity contribution in [2.24, 2.45) is 5.73 Å². The minimum Gasteiger partial charge on any atom is -0.480 e. The van der Waals surface area contributed by atoms with E-state index in [4.69, 9.17) is 10.8 Å². The topological polar surface area (TPSA) is 63.3 Å². The number of carboxylic acid groups (broad SMARTS) is 1. The van der Waals surface area contributed by atoms with Gasteiger partial charge in [-0.1, -0.05) is 26.2 Å².